The minimum atomic E-state index is -0.533. The van der Waals surface area contributed by atoms with E-state index in [1.807, 2.05) is 32.9 Å². The highest BCUT2D eigenvalue weighted by Gasteiger charge is 2.28. The second-order valence-corrected chi connectivity index (χ2v) is 6.08. The van der Waals surface area contributed by atoms with Gasteiger partial charge in [0, 0.05) is 11.1 Å². The molecule has 21 heavy (non-hydrogen) atoms. The maximum Gasteiger partial charge on any atom is 0.269 e. The summed E-state index contributed by atoms with van der Waals surface area (Å²) in [6, 6.07) is 7.36. The third-order valence-electron chi connectivity index (χ3n) is 3.08. The molecule has 1 N–H and O–H groups in total. The first-order chi connectivity index (χ1) is 9.66. The van der Waals surface area contributed by atoms with E-state index in [2.05, 4.69) is 18.9 Å². The van der Waals surface area contributed by atoms with Crippen LogP contribution in [0.1, 0.15) is 50.5 Å². The zero-order valence-corrected chi connectivity index (χ0v) is 13.5. The van der Waals surface area contributed by atoms with E-state index < -0.39 is 5.54 Å². The predicted molar refractivity (Wildman–Crippen MR) is 84.7 cm³/mol. The Morgan fingerprint density at radius 2 is 1.71 bits per heavy atom. The zero-order valence-electron chi connectivity index (χ0n) is 13.5. The Morgan fingerprint density at radius 3 is 2.10 bits per heavy atom. The Morgan fingerprint density at radius 1 is 1.19 bits per heavy atom. The minimum absolute atomic E-state index is 0.291. The van der Waals surface area contributed by atoms with Crippen molar-refractivity contribution >= 4 is 11.8 Å². The molecule has 0 fully saturated rings. The van der Waals surface area contributed by atoms with Crippen molar-refractivity contribution in [2.24, 2.45) is 0 Å². The number of hydrogen-bond donors (Lipinski definition) is 1. The molecular formula is C17H24N2O2. The molecule has 0 aliphatic heterocycles. The molecule has 0 saturated carbocycles. The van der Waals surface area contributed by atoms with Crippen LogP contribution in [0.2, 0.25) is 0 Å². The van der Waals surface area contributed by atoms with E-state index in [1.165, 1.54) is 5.01 Å². The van der Waals surface area contributed by atoms with Gasteiger partial charge in [-0.15, -0.1) is 0 Å². The van der Waals surface area contributed by atoms with E-state index in [9.17, 15) is 9.59 Å². The quantitative estimate of drug-likeness (QED) is 0.686. The van der Waals surface area contributed by atoms with Crippen LogP contribution in [0.4, 0.5) is 0 Å². The number of benzene rings is 1. The highest BCUT2D eigenvalue weighted by atomic mass is 16.2. The van der Waals surface area contributed by atoms with Gasteiger partial charge in [0.1, 0.15) is 0 Å². The van der Waals surface area contributed by atoms with E-state index in [4.69, 9.17) is 0 Å². The van der Waals surface area contributed by atoms with E-state index >= 15 is 0 Å². The molecule has 0 unspecified atom stereocenters. The molecule has 0 aliphatic rings. The molecule has 1 rings (SSSR count). The molecule has 0 atom stereocenters. The molecule has 0 aromatic heterocycles. The smallest absolute Gasteiger partial charge is 0.268 e. The number of hydrazine groups is 1. The first-order valence-electron chi connectivity index (χ1n) is 7.06. The number of carbonyl (C=O) groups is 2. The number of hydrogen-bond acceptors (Lipinski definition) is 2. The van der Waals surface area contributed by atoms with E-state index in [0.717, 1.165) is 12.0 Å². The molecule has 4 nitrogen and oxygen atoms in total. The summed E-state index contributed by atoms with van der Waals surface area (Å²) < 4.78 is 0. The van der Waals surface area contributed by atoms with Gasteiger partial charge < -0.3 is 0 Å². The molecular weight excluding hydrogens is 264 g/mol. The standard InChI is InChI=1S/C17H24N2O2/c1-7-13-8-10-14(11-9-13)15(20)18-19(17(4,5)6)16(21)12(2)3/h8-11H,2,7H2,1,3-6H3,(H,18,20). The van der Waals surface area contributed by atoms with Crippen molar-refractivity contribution in [1.82, 2.24) is 10.4 Å². The Labute approximate surface area is 126 Å². The van der Waals surface area contributed by atoms with Gasteiger partial charge in [-0.1, -0.05) is 25.6 Å². The summed E-state index contributed by atoms with van der Waals surface area (Å²) in [6.07, 6.45) is 0.921. The Kier molecular flexibility index (Phi) is 5.30. The summed E-state index contributed by atoms with van der Waals surface area (Å²) in [5.74, 6) is -0.594. The largest absolute Gasteiger partial charge is 0.269 e. The van der Waals surface area contributed by atoms with E-state index in [-0.39, 0.29) is 11.8 Å². The topological polar surface area (TPSA) is 49.4 Å². The lowest BCUT2D eigenvalue weighted by atomic mass is 10.1. The maximum atomic E-state index is 12.3. The summed E-state index contributed by atoms with van der Waals surface area (Å²) in [4.78, 5) is 24.5. The van der Waals surface area contributed by atoms with Crippen LogP contribution in [0.3, 0.4) is 0 Å². The average molecular weight is 288 g/mol. The monoisotopic (exact) mass is 288 g/mol. The van der Waals surface area contributed by atoms with Crippen molar-refractivity contribution in [1.29, 1.82) is 0 Å². The van der Waals surface area contributed by atoms with Crippen LogP contribution in [-0.4, -0.2) is 22.4 Å². The van der Waals surface area contributed by atoms with E-state index in [1.54, 1.807) is 19.1 Å². The molecule has 0 saturated heterocycles. The highest BCUT2D eigenvalue weighted by molar-refractivity contribution is 5.98. The van der Waals surface area contributed by atoms with Gasteiger partial charge >= 0.3 is 0 Å². The van der Waals surface area contributed by atoms with Crippen molar-refractivity contribution in [3.05, 3.63) is 47.5 Å². The van der Waals surface area contributed by atoms with Crippen molar-refractivity contribution < 1.29 is 9.59 Å². The molecule has 0 bridgehead atoms. The Hall–Kier alpha value is -2.10. The SMILES string of the molecule is C=C(C)C(=O)N(NC(=O)c1ccc(CC)cc1)C(C)(C)C. The first-order valence-corrected chi connectivity index (χ1v) is 7.06. The zero-order chi connectivity index (χ0) is 16.2. The van der Waals surface area contributed by atoms with Gasteiger partial charge in [0.05, 0.1) is 5.54 Å². The lowest BCUT2D eigenvalue weighted by molar-refractivity contribution is -0.134. The second-order valence-electron chi connectivity index (χ2n) is 6.08. The van der Waals surface area contributed by atoms with E-state index in [0.29, 0.717) is 11.1 Å². The molecule has 0 spiro atoms. The van der Waals surface area contributed by atoms with Crippen LogP contribution < -0.4 is 5.43 Å². The molecule has 4 heteroatoms. The number of rotatable bonds is 3. The van der Waals surface area contributed by atoms with Crippen LogP contribution in [0, 0.1) is 0 Å². The normalized spacial score (nSPS) is 10.9. The third kappa shape index (κ3) is 4.45. The second kappa shape index (κ2) is 6.57. The van der Waals surface area contributed by atoms with Gasteiger partial charge in [0.2, 0.25) is 0 Å². The van der Waals surface area contributed by atoms with Gasteiger partial charge in [-0.2, -0.15) is 0 Å². The third-order valence-corrected chi connectivity index (χ3v) is 3.08. The molecule has 114 valence electrons. The van der Waals surface area contributed by atoms with Crippen LogP contribution >= 0.6 is 0 Å². The fourth-order valence-corrected chi connectivity index (χ4v) is 1.77. The van der Waals surface area contributed by atoms with Gasteiger partial charge in [-0.25, -0.2) is 5.01 Å². The molecule has 0 radical (unpaired) electrons. The summed E-state index contributed by atoms with van der Waals surface area (Å²) in [5, 5.41) is 1.32. The van der Waals surface area contributed by atoms with Crippen molar-refractivity contribution in [2.45, 2.75) is 46.6 Å². The lowest BCUT2D eigenvalue weighted by Crippen LogP contribution is -2.56. The van der Waals surface area contributed by atoms with Crippen LogP contribution in [0.25, 0.3) is 0 Å². The fourth-order valence-electron chi connectivity index (χ4n) is 1.77. The summed E-state index contributed by atoms with van der Waals surface area (Å²) >= 11 is 0. The first kappa shape index (κ1) is 17.0. The number of nitrogens with one attached hydrogen (secondary N) is 1. The molecule has 1 aromatic carbocycles. The van der Waals surface area contributed by atoms with Gasteiger partial charge in [0.15, 0.2) is 0 Å². The predicted octanol–water partition coefficient (Wildman–Crippen LogP) is 3.10. The lowest BCUT2D eigenvalue weighted by Gasteiger charge is -2.35. The number of carbonyl (C=O) groups excluding carboxylic acids is 2. The average Bonchev–Trinajstić information content (AvgIpc) is 2.42. The van der Waals surface area contributed by atoms with Crippen molar-refractivity contribution in [3.8, 4) is 0 Å². The van der Waals surface area contributed by atoms with Gasteiger partial charge in [0.25, 0.3) is 11.8 Å². The Balaban J connectivity index is 2.95. The molecule has 2 amide bonds. The summed E-state index contributed by atoms with van der Waals surface area (Å²) in [7, 11) is 0. The van der Waals surface area contributed by atoms with Crippen LogP contribution in [0.15, 0.2) is 36.4 Å². The van der Waals surface area contributed by atoms with Crippen LogP contribution in [-0.2, 0) is 11.2 Å². The summed E-state index contributed by atoms with van der Waals surface area (Å²) in [5.41, 5.74) is 4.21. The minimum Gasteiger partial charge on any atom is -0.268 e. The molecule has 0 heterocycles. The summed E-state index contributed by atoms with van der Waals surface area (Å²) in [6.45, 7) is 12.9. The van der Waals surface area contributed by atoms with Crippen molar-refractivity contribution in [2.75, 3.05) is 0 Å². The van der Waals surface area contributed by atoms with Crippen molar-refractivity contribution in [3.63, 3.8) is 0 Å². The molecule has 1 aromatic rings. The number of aryl methyl sites for hydroxylation is 1. The van der Waals surface area contributed by atoms with Crippen LogP contribution in [0.5, 0.6) is 0 Å². The van der Waals surface area contributed by atoms with Gasteiger partial charge in [-0.3, -0.25) is 15.0 Å². The number of amides is 2. The van der Waals surface area contributed by atoms with Gasteiger partial charge in [-0.05, 0) is 51.8 Å². The Bertz CT molecular complexity index is 539. The highest BCUT2D eigenvalue weighted by Crippen LogP contribution is 2.14. The molecule has 0 aliphatic carbocycles. The fraction of sp³-hybridized carbons (Fsp3) is 0.412. The number of nitrogens with zero attached hydrogens (tertiary/aromatic N) is 1. The maximum absolute atomic E-state index is 12.3.